The van der Waals surface area contributed by atoms with E-state index in [4.69, 9.17) is 9.47 Å². The van der Waals surface area contributed by atoms with Gasteiger partial charge in [-0.05, 0) is 36.6 Å². The molecule has 0 fully saturated rings. The SMILES string of the molecule is C=CCC(OC)c1cc(C(=O)OC)ccc1C. The first-order valence-electron chi connectivity index (χ1n) is 5.46. The molecule has 0 N–H and O–H groups in total. The molecule has 0 aliphatic heterocycles. The summed E-state index contributed by atoms with van der Waals surface area (Å²) >= 11 is 0. The zero-order chi connectivity index (χ0) is 12.8. The Morgan fingerprint density at radius 3 is 2.71 bits per heavy atom. The van der Waals surface area contributed by atoms with E-state index < -0.39 is 0 Å². The Bertz CT molecular complexity index is 410. The lowest BCUT2D eigenvalue weighted by molar-refractivity contribution is 0.0599. The second-order valence-electron chi connectivity index (χ2n) is 3.81. The molecule has 0 radical (unpaired) electrons. The van der Waals surface area contributed by atoms with Crippen LogP contribution in [-0.4, -0.2) is 20.2 Å². The molecule has 0 saturated heterocycles. The van der Waals surface area contributed by atoms with Crippen molar-refractivity contribution in [2.45, 2.75) is 19.4 Å². The minimum absolute atomic E-state index is 0.0721. The fourth-order valence-electron chi connectivity index (χ4n) is 1.73. The molecular weight excluding hydrogens is 216 g/mol. The number of carbonyl (C=O) groups is 1. The summed E-state index contributed by atoms with van der Waals surface area (Å²) in [5, 5.41) is 0. The average molecular weight is 234 g/mol. The van der Waals surface area contributed by atoms with E-state index in [0.29, 0.717) is 12.0 Å². The van der Waals surface area contributed by atoms with Gasteiger partial charge in [0.2, 0.25) is 0 Å². The lowest BCUT2D eigenvalue weighted by Gasteiger charge is -2.17. The van der Waals surface area contributed by atoms with Gasteiger partial charge < -0.3 is 9.47 Å². The van der Waals surface area contributed by atoms with Gasteiger partial charge in [-0.2, -0.15) is 0 Å². The number of carbonyl (C=O) groups excluding carboxylic acids is 1. The summed E-state index contributed by atoms with van der Waals surface area (Å²) in [5.41, 5.74) is 2.63. The number of hydrogen-bond acceptors (Lipinski definition) is 3. The molecule has 3 nitrogen and oxygen atoms in total. The van der Waals surface area contributed by atoms with Crippen molar-refractivity contribution in [2.24, 2.45) is 0 Å². The Morgan fingerprint density at radius 1 is 1.47 bits per heavy atom. The zero-order valence-corrected chi connectivity index (χ0v) is 10.5. The van der Waals surface area contributed by atoms with Crippen LogP contribution in [0.25, 0.3) is 0 Å². The highest BCUT2D eigenvalue weighted by Crippen LogP contribution is 2.25. The molecule has 0 amide bonds. The monoisotopic (exact) mass is 234 g/mol. The van der Waals surface area contributed by atoms with E-state index in [1.807, 2.05) is 19.1 Å². The van der Waals surface area contributed by atoms with Crippen LogP contribution in [0.4, 0.5) is 0 Å². The van der Waals surface area contributed by atoms with E-state index in [9.17, 15) is 4.79 Å². The highest BCUT2D eigenvalue weighted by molar-refractivity contribution is 5.89. The van der Waals surface area contributed by atoms with Crippen molar-refractivity contribution < 1.29 is 14.3 Å². The maximum Gasteiger partial charge on any atom is 0.337 e. The molecule has 0 aliphatic carbocycles. The Balaban J connectivity index is 3.12. The third-order valence-corrected chi connectivity index (χ3v) is 2.71. The standard InChI is InChI=1S/C14H18O3/c1-5-6-13(16-3)12-9-11(14(15)17-4)8-7-10(12)2/h5,7-9,13H,1,6H2,2-4H3. The molecule has 92 valence electrons. The highest BCUT2D eigenvalue weighted by atomic mass is 16.5. The molecule has 3 heteroatoms. The van der Waals surface area contributed by atoms with Crippen LogP contribution in [0.5, 0.6) is 0 Å². The van der Waals surface area contributed by atoms with Crippen LogP contribution >= 0.6 is 0 Å². The summed E-state index contributed by atoms with van der Waals surface area (Å²) in [4.78, 5) is 11.5. The number of methoxy groups -OCH3 is 2. The van der Waals surface area contributed by atoms with Crippen molar-refractivity contribution >= 4 is 5.97 Å². The molecule has 0 spiro atoms. The van der Waals surface area contributed by atoms with Gasteiger partial charge in [-0.25, -0.2) is 4.79 Å². The minimum Gasteiger partial charge on any atom is -0.465 e. The molecule has 1 aromatic carbocycles. The summed E-state index contributed by atoms with van der Waals surface area (Å²) in [6.07, 6.45) is 2.44. The minimum atomic E-state index is -0.334. The third kappa shape index (κ3) is 3.17. The highest BCUT2D eigenvalue weighted by Gasteiger charge is 2.14. The number of esters is 1. The van der Waals surface area contributed by atoms with E-state index in [2.05, 4.69) is 6.58 Å². The molecular formula is C14H18O3. The van der Waals surface area contributed by atoms with E-state index in [0.717, 1.165) is 11.1 Å². The Hall–Kier alpha value is -1.61. The molecule has 1 rings (SSSR count). The third-order valence-electron chi connectivity index (χ3n) is 2.71. The van der Waals surface area contributed by atoms with Crippen molar-refractivity contribution in [3.05, 3.63) is 47.5 Å². The normalized spacial score (nSPS) is 11.9. The molecule has 0 bridgehead atoms. The van der Waals surface area contributed by atoms with Gasteiger partial charge in [0, 0.05) is 7.11 Å². The van der Waals surface area contributed by atoms with Crippen LogP contribution in [0.15, 0.2) is 30.9 Å². The van der Waals surface area contributed by atoms with Gasteiger partial charge in [-0.15, -0.1) is 6.58 Å². The predicted octanol–water partition coefficient (Wildman–Crippen LogP) is 3.05. The number of rotatable bonds is 5. The van der Waals surface area contributed by atoms with Crippen molar-refractivity contribution in [3.63, 3.8) is 0 Å². The molecule has 0 saturated carbocycles. The molecule has 17 heavy (non-hydrogen) atoms. The van der Waals surface area contributed by atoms with Gasteiger partial charge in [-0.1, -0.05) is 12.1 Å². The van der Waals surface area contributed by atoms with Crippen molar-refractivity contribution in [1.29, 1.82) is 0 Å². The Labute approximate surface area is 102 Å². The lowest BCUT2D eigenvalue weighted by Crippen LogP contribution is -2.07. The Morgan fingerprint density at radius 2 is 2.18 bits per heavy atom. The van der Waals surface area contributed by atoms with Crippen LogP contribution < -0.4 is 0 Å². The number of benzene rings is 1. The van der Waals surface area contributed by atoms with E-state index in [1.165, 1.54) is 7.11 Å². The molecule has 0 aromatic heterocycles. The summed E-state index contributed by atoms with van der Waals surface area (Å²) in [6, 6.07) is 5.47. The fraction of sp³-hybridized carbons (Fsp3) is 0.357. The lowest BCUT2D eigenvalue weighted by atomic mass is 9.98. The van der Waals surface area contributed by atoms with Crippen LogP contribution in [0.1, 0.15) is 34.0 Å². The summed E-state index contributed by atoms with van der Waals surface area (Å²) < 4.78 is 10.1. The van der Waals surface area contributed by atoms with Gasteiger partial charge in [0.1, 0.15) is 0 Å². The van der Waals surface area contributed by atoms with Gasteiger partial charge in [0.15, 0.2) is 0 Å². The largest absolute Gasteiger partial charge is 0.465 e. The molecule has 0 aliphatic rings. The maximum atomic E-state index is 11.5. The van der Waals surface area contributed by atoms with Gasteiger partial charge in [0.05, 0.1) is 18.8 Å². The van der Waals surface area contributed by atoms with E-state index in [-0.39, 0.29) is 12.1 Å². The van der Waals surface area contributed by atoms with Crippen molar-refractivity contribution in [3.8, 4) is 0 Å². The van der Waals surface area contributed by atoms with Crippen LogP contribution in [0.2, 0.25) is 0 Å². The van der Waals surface area contributed by atoms with Crippen LogP contribution in [0, 0.1) is 6.92 Å². The topological polar surface area (TPSA) is 35.5 Å². The first-order valence-corrected chi connectivity index (χ1v) is 5.46. The zero-order valence-electron chi connectivity index (χ0n) is 10.5. The smallest absolute Gasteiger partial charge is 0.337 e. The number of ether oxygens (including phenoxy) is 2. The average Bonchev–Trinajstić information content (AvgIpc) is 2.36. The second-order valence-corrected chi connectivity index (χ2v) is 3.81. The van der Waals surface area contributed by atoms with Crippen LogP contribution in [0.3, 0.4) is 0 Å². The van der Waals surface area contributed by atoms with Crippen LogP contribution in [-0.2, 0) is 9.47 Å². The first kappa shape index (κ1) is 13.5. The van der Waals surface area contributed by atoms with E-state index in [1.54, 1.807) is 19.3 Å². The summed E-state index contributed by atoms with van der Waals surface area (Å²) in [6.45, 7) is 5.70. The number of hydrogen-bond donors (Lipinski definition) is 0. The molecule has 1 atom stereocenters. The fourth-order valence-corrected chi connectivity index (χ4v) is 1.73. The Kier molecular flexibility index (Phi) is 4.91. The summed E-state index contributed by atoms with van der Waals surface area (Å²) in [7, 11) is 3.03. The number of aryl methyl sites for hydroxylation is 1. The van der Waals surface area contributed by atoms with Gasteiger partial charge in [-0.3, -0.25) is 0 Å². The first-order chi connectivity index (χ1) is 8.13. The van der Waals surface area contributed by atoms with Gasteiger partial charge >= 0.3 is 5.97 Å². The van der Waals surface area contributed by atoms with Crippen molar-refractivity contribution in [1.82, 2.24) is 0 Å². The predicted molar refractivity (Wildman–Crippen MR) is 67.1 cm³/mol. The quantitative estimate of drug-likeness (QED) is 0.580. The molecule has 1 unspecified atom stereocenters. The molecule has 1 aromatic rings. The summed E-state index contributed by atoms with van der Waals surface area (Å²) in [5.74, 6) is -0.334. The van der Waals surface area contributed by atoms with Crippen molar-refractivity contribution in [2.75, 3.05) is 14.2 Å². The maximum absolute atomic E-state index is 11.5. The van der Waals surface area contributed by atoms with E-state index >= 15 is 0 Å². The van der Waals surface area contributed by atoms with Gasteiger partial charge in [0.25, 0.3) is 0 Å². The second kappa shape index (κ2) is 6.21. The molecule has 0 heterocycles.